The molecule has 0 aliphatic heterocycles. The normalized spacial score (nSPS) is 13.7. The van der Waals surface area contributed by atoms with Crippen LogP contribution in [-0.4, -0.2) is 21.2 Å². The number of pyridine rings is 1. The summed E-state index contributed by atoms with van der Waals surface area (Å²) in [6.45, 7) is 1.85. The monoisotopic (exact) mass is 505 g/mol. The van der Waals surface area contributed by atoms with E-state index in [-0.39, 0.29) is 5.82 Å². The Kier molecular flexibility index (Phi) is 5.76. The van der Waals surface area contributed by atoms with E-state index in [0.717, 1.165) is 22.3 Å². The summed E-state index contributed by atoms with van der Waals surface area (Å²) in [7, 11) is 0. The highest BCUT2D eigenvalue weighted by Gasteiger charge is 2.51. The maximum absolute atomic E-state index is 13.7. The van der Waals surface area contributed by atoms with Crippen LogP contribution in [0.3, 0.4) is 0 Å². The van der Waals surface area contributed by atoms with E-state index in [4.69, 9.17) is 4.52 Å². The summed E-state index contributed by atoms with van der Waals surface area (Å²) in [6.07, 6.45) is 1.38. The molecule has 38 heavy (non-hydrogen) atoms. The zero-order valence-electron chi connectivity index (χ0n) is 20.6. The lowest BCUT2D eigenvalue weighted by Gasteiger charge is -2.11. The molecule has 2 aromatic heterocycles. The first-order chi connectivity index (χ1) is 18.4. The molecule has 1 aliphatic rings. The highest BCUT2D eigenvalue weighted by molar-refractivity contribution is 5.85. The molecule has 188 valence electrons. The van der Waals surface area contributed by atoms with Crippen molar-refractivity contribution >= 4 is 17.5 Å². The lowest BCUT2D eigenvalue weighted by Crippen LogP contribution is -2.19. The lowest BCUT2D eigenvalue weighted by molar-refractivity contribution is -0.140. The van der Waals surface area contributed by atoms with Crippen molar-refractivity contribution in [3.8, 4) is 33.7 Å². The minimum absolute atomic E-state index is 0.314. The van der Waals surface area contributed by atoms with Crippen molar-refractivity contribution in [2.45, 2.75) is 25.2 Å². The van der Waals surface area contributed by atoms with Gasteiger partial charge in [-0.15, -0.1) is 0 Å². The molecule has 6 nitrogen and oxygen atoms in total. The molecular formula is C31H24FN3O3. The molecule has 0 unspecified atom stereocenters. The number of carbonyl (C=O) groups is 1. The molecule has 0 saturated heterocycles. The Balaban J connectivity index is 1.24. The van der Waals surface area contributed by atoms with E-state index in [2.05, 4.69) is 15.5 Å². The molecule has 0 bridgehead atoms. The Morgan fingerprint density at radius 2 is 1.55 bits per heavy atom. The fourth-order valence-electron chi connectivity index (χ4n) is 4.70. The second-order valence-electron chi connectivity index (χ2n) is 9.56. The number of aliphatic carboxylic acids is 1. The number of nitrogens with zero attached hydrogens (tertiary/aromatic N) is 2. The number of benzene rings is 3. The first-order valence-electron chi connectivity index (χ1n) is 12.3. The van der Waals surface area contributed by atoms with Gasteiger partial charge in [-0.1, -0.05) is 71.9 Å². The van der Waals surface area contributed by atoms with Gasteiger partial charge in [0.25, 0.3) is 0 Å². The number of aryl methyl sites for hydroxylation is 1. The summed E-state index contributed by atoms with van der Waals surface area (Å²) in [5, 5.41) is 17.0. The van der Waals surface area contributed by atoms with Gasteiger partial charge >= 0.3 is 5.97 Å². The molecule has 5 aromatic rings. The Hall–Kier alpha value is -4.78. The lowest BCUT2D eigenvalue weighted by atomic mass is 9.93. The van der Waals surface area contributed by atoms with Gasteiger partial charge in [0.15, 0.2) is 5.76 Å². The van der Waals surface area contributed by atoms with E-state index < -0.39 is 11.4 Å². The van der Waals surface area contributed by atoms with Crippen LogP contribution in [0.1, 0.15) is 24.1 Å². The number of hydrogen-bond donors (Lipinski definition) is 2. The second kappa shape index (κ2) is 9.27. The molecule has 2 N–H and O–H groups in total. The number of anilines is 2. The molecule has 2 heterocycles. The summed E-state index contributed by atoms with van der Waals surface area (Å²) < 4.78 is 19.4. The van der Waals surface area contributed by atoms with Crippen LogP contribution < -0.4 is 5.32 Å². The SMILES string of the molecule is Cc1noc(-c2ccc(-c3ccc(C4(C(=O)O)CC4)cc3)cc2)c1Nc1cccc(-c2cccc(F)c2)n1. The predicted molar refractivity (Wildman–Crippen MR) is 144 cm³/mol. The third-order valence-electron chi connectivity index (χ3n) is 7.06. The molecule has 7 heteroatoms. The summed E-state index contributed by atoms with van der Waals surface area (Å²) >= 11 is 0. The van der Waals surface area contributed by atoms with Crippen LogP contribution in [0.25, 0.3) is 33.7 Å². The zero-order chi connectivity index (χ0) is 26.3. The first-order valence-corrected chi connectivity index (χ1v) is 12.3. The molecule has 0 spiro atoms. The van der Waals surface area contributed by atoms with Gasteiger partial charge in [0.2, 0.25) is 0 Å². The maximum Gasteiger partial charge on any atom is 0.314 e. The Morgan fingerprint density at radius 1 is 0.895 bits per heavy atom. The summed E-state index contributed by atoms with van der Waals surface area (Å²) in [5.74, 6) is 0.105. The summed E-state index contributed by atoms with van der Waals surface area (Å²) in [4.78, 5) is 16.3. The number of halogens is 1. The predicted octanol–water partition coefficient (Wildman–Crippen LogP) is 7.38. The van der Waals surface area contributed by atoms with Crippen molar-refractivity contribution in [2.24, 2.45) is 0 Å². The van der Waals surface area contributed by atoms with E-state index in [1.54, 1.807) is 6.07 Å². The number of carboxylic acids is 1. The number of nitrogens with one attached hydrogen (secondary N) is 1. The Bertz CT molecular complexity index is 1640. The molecule has 0 atom stereocenters. The second-order valence-corrected chi connectivity index (χ2v) is 9.56. The van der Waals surface area contributed by atoms with Crippen LogP contribution in [0, 0.1) is 12.7 Å². The average molecular weight is 506 g/mol. The van der Waals surface area contributed by atoms with Gasteiger partial charge in [-0.25, -0.2) is 9.37 Å². The smallest absolute Gasteiger partial charge is 0.314 e. The van der Waals surface area contributed by atoms with Gasteiger partial charge in [-0.3, -0.25) is 4.79 Å². The van der Waals surface area contributed by atoms with Crippen molar-refractivity contribution < 1.29 is 18.8 Å². The van der Waals surface area contributed by atoms with Crippen molar-refractivity contribution in [3.63, 3.8) is 0 Å². The van der Waals surface area contributed by atoms with Crippen molar-refractivity contribution in [3.05, 3.63) is 108 Å². The molecule has 6 rings (SSSR count). The number of rotatable bonds is 7. The molecule has 0 amide bonds. The number of carboxylic acid groups (broad SMARTS) is 1. The molecule has 1 aliphatic carbocycles. The fourth-order valence-corrected chi connectivity index (χ4v) is 4.70. The topological polar surface area (TPSA) is 88.2 Å². The Labute approximate surface area is 218 Å². The largest absolute Gasteiger partial charge is 0.481 e. The Morgan fingerprint density at radius 3 is 2.21 bits per heavy atom. The van der Waals surface area contributed by atoms with E-state index >= 15 is 0 Å². The summed E-state index contributed by atoms with van der Waals surface area (Å²) in [6, 6.07) is 27.5. The van der Waals surface area contributed by atoms with Crippen LogP contribution in [-0.2, 0) is 10.2 Å². The average Bonchev–Trinajstić information content (AvgIpc) is 3.68. The third-order valence-corrected chi connectivity index (χ3v) is 7.06. The number of aromatic nitrogens is 2. The van der Waals surface area contributed by atoms with E-state index in [0.29, 0.717) is 47.1 Å². The van der Waals surface area contributed by atoms with Crippen LogP contribution in [0.4, 0.5) is 15.9 Å². The van der Waals surface area contributed by atoms with Gasteiger partial charge in [0, 0.05) is 11.1 Å². The zero-order valence-corrected chi connectivity index (χ0v) is 20.6. The van der Waals surface area contributed by atoms with E-state index in [1.807, 2.05) is 79.7 Å². The van der Waals surface area contributed by atoms with Gasteiger partial charge in [-0.2, -0.15) is 0 Å². The van der Waals surface area contributed by atoms with Crippen LogP contribution in [0.5, 0.6) is 0 Å². The van der Waals surface area contributed by atoms with Crippen LogP contribution >= 0.6 is 0 Å². The molecule has 1 fully saturated rings. The van der Waals surface area contributed by atoms with E-state index in [1.165, 1.54) is 12.1 Å². The van der Waals surface area contributed by atoms with Crippen molar-refractivity contribution in [2.75, 3.05) is 5.32 Å². The van der Waals surface area contributed by atoms with Gasteiger partial charge < -0.3 is 14.9 Å². The maximum atomic E-state index is 13.7. The summed E-state index contributed by atoms with van der Waals surface area (Å²) in [5.41, 5.74) is 5.74. The highest BCUT2D eigenvalue weighted by Crippen LogP contribution is 2.48. The fraction of sp³-hybridized carbons (Fsp3) is 0.129. The van der Waals surface area contributed by atoms with Gasteiger partial charge in [-0.05, 0) is 60.7 Å². The van der Waals surface area contributed by atoms with Crippen LogP contribution in [0.2, 0.25) is 0 Å². The van der Waals surface area contributed by atoms with Crippen LogP contribution in [0.15, 0.2) is 95.5 Å². The van der Waals surface area contributed by atoms with E-state index in [9.17, 15) is 14.3 Å². The minimum atomic E-state index is -0.753. The van der Waals surface area contributed by atoms with Crippen molar-refractivity contribution in [1.82, 2.24) is 10.1 Å². The third kappa shape index (κ3) is 4.32. The highest BCUT2D eigenvalue weighted by atomic mass is 19.1. The minimum Gasteiger partial charge on any atom is -0.481 e. The molecule has 1 saturated carbocycles. The van der Waals surface area contributed by atoms with Crippen molar-refractivity contribution in [1.29, 1.82) is 0 Å². The molecular weight excluding hydrogens is 481 g/mol. The quantitative estimate of drug-likeness (QED) is 0.240. The first kappa shape index (κ1) is 23.6. The number of hydrogen-bond acceptors (Lipinski definition) is 5. The van der Waals surface area contributed by atoms with Gasteiger partial charge in [0.05, 0.1) is 11.1 Å². The standard InChI is InChI=1S/C31H24FN3O3/c1-19-28(34-27-7-3-6-26(33-27)23-4-2-5-25(32)18-23)29(38-35-19)22-10-8-20(9-11-22)21-12-14-24(15-13-21)31(16-17-31)30(36)37/h2-15,18H,16-17H2,1H3,(H,33,34)(H,36,37). The van der Waals surface area contributed by atoms with Gasteiger partial charge in [0.1, 0.15) is 23.0 Å². The molecule has 3 aromatic carbocycles. The molecule has 0 radical (unpaired) electrons.